The molecule has 2 rings (SSSR count). The Bertz CT molecular complexity index is 1030. The van der Waals surface area contributed by atoms with Gasteiger partial charge in [0.05, 0.1) is 32.7 Å². The van der Waals surface area contributed by atoms with E-state index >= 15 is 0 Å². The molecule has 2 aromatic carbocycles. The van der Waals surface area contributed by atoms with Crippen LogP contribution in [0.3, 0.4) is 0 Å². The molecule has 0 saturated carbocycles. The predicted octanol–water partition coefficient (Wildman–Crippen LogP) is 2.34. The zero-order valence-corrected chi connectivity index (χ0v) is 21.9. The van der Waals surface area contributed by atoms with Crippen molar-refractivity contribution in [3.63, 3.8) is 0 Å². The number of hydrogen-bond acceptors (Lipinski definition) is 11. The van der Waals surface area contributed by atoms with Crippen molar-refractivity contribution < 1.29 is 38.1 Å². The molecular formula is C26H35N3O8. The number of esters is 3. The highest BCUT2D eigenvalue weighted by Crippen LogP contribution is 2.32. The summed E-state index contributed by atoms with van der Waals surface area (Å²) in [6, 6.07) is 12.7. The number of methoxy groups -OCH3 is 3. The van der Waals surface area contributed by atoms with Gasteiger partial charge in [0.15, 0.2) is 0 Å². The molecule has 0 fully saturated rings. The molecule has 0 aliphatic rings. The molecule has 1 N–H and O–H groups in total. The van der Waals surface area contributed by atoms with E-state index in [0.29, 0.717) is 23.7 Å². The SMILES string of the molecule is CCN(CC(=O)OC)c1ccc(NC)cc1OCCOc1ccccc1N(CC(=O)OC)CC(=O)OC. The fourth-order valence-corrected chi connectivity index (χ4v) is 3.44. The fourth-order valence-electron chi connectivity index (χ4n) is 3.44. The van der Waals surface area contributed by atoms with E-state index in [4.69, 9.17) is 23.7 Å². The van der Waals surface area contributed by atoms with E-state index in [1.165, 1.54) is 26.2 Å². The molecule has 0 heterocycles. The van der Waals surface area contributed by atoms with Crippen LogP contribution in [-0.2, 0) is 28.6 Å². The Morgan fingerprint density at radius 3 is 1.78 bits per heavy atom. The number of benzene rings is 2. The second-order valence-corrected chi connectivity index (χ2v) is 7.70. The van der Waals surface area contributed by atoms with Gasteiger partial charge in [0, 0.05) is 25.3 Å². The average Bonchev–Trinajstić information content (AvgIpc) is 2.93. The van der Waals surface area contributed by atoms with Crippen molar-refractivity contribution in [1.29, 1.82) is 0 Å². The maximum Gasteiger partial charge on any atom is 0.325 e. The summed E-state index contributed by atoms with van der Waals surface area (Å²) in [6.45, 7) is 2.65. The summed E-state index contributed by atoms with van der Waals surface area (Å²) < 4.78 is 26.3. The molecule has 0 spiro atoms. The highest BCUT2D eigenvalue weighted by molar-refractivity contribution is 5.82. The lowest BCUT2D eigenvalue weighted by Crippen LogP contribution is -2.36. The van der Waals surface area contributed by atoms with Crippen LogP contribution in [0.2, 0.25) is 0 Å². The van der Waals surface area contributed by atoms with E-state index in [0.717, 1.165) is 11.4 Å². The third-order valence-electron chi connectivity index (χ3n) is 5.42. The Morgan fingerprint density at radius 2 is 1.24 bits per heavy atom. The average molecular weight is 518 g/mol. The molecule has 0 radical (unpaired) electrons. The van der Waals surface area contributed by atoms with E-state index in [9.17, 15) is 14.4 Å². The predicted molar refractivity (Wildman–Crippen MR) is 140 cm³/mol. The van der Waals surface area contributed by atoms with Crippen LogP contribution in [0.15, 0.2) is 42.5 Å². The first kappa shape index (κ1) is 29.1. The van der Waals surface area contributed by atoms with Gasteiger partial charge in [0.25, 0.3) is 0 Å². The second-order valence-electron chi connectivity index (χ2n) is 7.70. The number of para-hydroxylation sites is 2. The Kier molecular flexibility index (Phi) is 11.8. The zero-order valence-electron chi connectivity index (χ0n) is 21.9. The van der Waals surface area contributed by atoms with E-state index in [1.54, 1.807) is 31.3 Å². The molecule has 0 aliphatic carbocycles. The van der Waals surface area contributed by atoms with Gasteiger partial charge in [-0.3, -0.25) is 14.4 Å². The quantitative estimate of drug-likeness (QED) is 0.213. The van der Waals surface area contributed by atoms with Crippen LogP contribution in [0.5, 0.6) is 11.5 Å². The van der Waals surface area contributed by atoms with Crippen LogP contribution in [0.1, 0.15) is 6.92 Å². The summed E-state index contributed by atoms with van der Waals surface area (Å²) in [6.07, 6.45) is 0. The van der Waals surface area contributed by atoms with Crippen LogP contribution >= 0.6 is 0 Å². The molecule has 0 unspecified atom stereocenters. The van der Waals surface area contributed by atoms with E-state index in [1.807, 2.05) is 30.0 Å². The molecule has 37 heavy (non-hydrogen) atoms. The Labute approximate surface area is 217 Å². The third-order valence-corrected chi connectivity index (χ3v) is 5.42. The lowest BCUT2D eigenvalue weighted by atomic mass is 10.2. The van der Waals surface area contributed by atoms with Crippen LogP contribution < -0.4 is 24.6 Å². The van der Waals surface area contributed by atoms with Crippen molar-refractivity contribution in [3.8, 4) is 11.5 Å². The largest absolute Gasteiger partial charge is 0.488 e. The Balaban J connectivity index is 2.16. The van der Waals surface area contributed by atoms with Crippen molar-refractivity contribution in [3.05, 3.63) is 42.5 Å². The molecule has 11 heteroatoms. The first-order valence-electron chi connectivity index (χ1n) is 11.7. The van der Waals surface area contributed by atoms with Gasteiger partial charge in [0.1, 0.15) is 44.3 Å². The number of ether oxygens (including phenoxy) is 5. The number of carbonyl (C=O) groups excluding carboxylic acids is 3. The zero-order chi connectivity index (χ0) is 27.2. The van der Waals surface area contributed by atoms with E-state index < -0.39 is 11.9 Å². The third kappa shape index (κ3) is 8.78. The molecule has 0 aromatic heterocycles. The highest BCUT2D eigenvalue weighted by atomic mass is 16.5. The van der Waals surface area contributed by atoms with Gasteiger partial charge in [-0.25, -0.2) is 0 Å². The first-order chi connectivity index (χ1) is 17.9. The van der Waals surface area contributed by atoms with Crippen molar-refractivity contribution in [2.45, 2.75) is 6.92 Å². The van der Waals surface area contributed by atoms with Crippen LogP contribution in [-0.4, -0.2) is 85.7 Å². The molecule has 2 aromatic rings. The minimum absolute atomic E-state index is 0.0857. The molecular weight excluding hydrogens is 482 g/mol. The number of likely N-dealkylation sites (N-methyl/N-ethyl adjacent to an activating group) is 1. The van der Waals surface area contributed by atoms with Gasteiger partial charge in [-0.15, -0.1) is 0 Å². The highest BCUT2D eigenvalue weighted by Gasteiger charge is 2.20. The van der Waals surface area contributed by atoms with E-state index in [-0.39, 0.29) is 38.8 Å². The second kappa shape index (κ2) is 15.1. The van der Waals surface area contributed by atoms with Crippen LogP contribution in [0.25, 0.3) is 0 Å². The van der Waals surface area contributed by atoms with Crippen molar-refractivity contribution in [1.82, 2.24) is 0 Å². The molecule has 0 saturated heterocycles. The molecule has 0 aliphatic heterocycles. The lowest BCUT2D eigenvalue weighted by molar-refractivity contribution is -0.140. The number of carbonyl (C=O) groups is 3. The van der Waals surface area contributed by atoms with Gasteiger partial charge in [-0.05, 0) is 31.2 Å². The molecule has 0 bridgehead atoms. The first-order valence-corrected chi connectivity index (χ1v) is 11.7. The summed E-state index contributed by atoms with van der Waals surface area (Å²) in [4.78, 5) is 39.1. The summed E-state index contributed by atoms with van der Waals surface area (Å²) >= 11 is 0. The fraction of sp³-hybridized carbons (Fsp3) is 0.423. The van der Waals surface area contributed by atoms with Crippen molar-refractivity contribution >= 4 is 35.0 Å². The normalized spacial score (nSPS) is 10.2. The monoisotopic (exact) mass is 517 g/mol. The van der Waals surface area contributed by atoms with Crippen molar-refractivity contribution in [2.75, 3.05) is 82.9 Å². The summed E-state index contributed by atoms with van der Waals surface area (Å²) in [5.74, 6) is -0.330. The number of rotatable bonds is 15. The Morgan fingerprint density at radius 1 is 0.730 bits per heavy atom. The van der Waals surface area contributed by atoms with Gasteiger partial charge in [-0.1, -0.05) is 12.1 Å². The molecule has 202 valence electrons. The van der Waals surface area contributed by atoms with Gasteiger partial charge >= 0.3 is 17.9 Å². The summed E-state index contributed by atoms with van der Waals surface area (Å²) in [5.41, 5.74) is 2.13. The summed E-state index contributed by atoms with van der Waals surface area (Å²) in [7, 11) is 5.71. The van der Waals surface area contributed by atoms with Crippen molar-refractivity contribution in [2.24, 2.45) is 0 Å². The van der Waals surface area contributed by atoms with Crippen LogP contribution in [0.4, 0.5) is 17.1 Å². The standard InChI is InChI=1S/C26H35N3O8/c1-6-28(16-24(30)33-3)21-12-11-19(27-2)15-23(21)37-14-13-36-22-10-8-7-9-20(22)29(17-25(31)34-4)18-26(32)35-5/h7-12,15,27H,6,13-14,16-18H2,1-5H3. The molecule has 0 atom stereocenters. The Hall–Kier alpha value is -4.15. The number of hydrogen-bond donors (Lipinski definition) is 1. The van der Waals surface area contributed by atoms with Gasteiger partial charge in [-0.2, -0.15) is 0 Å². The number of anilines is 3. The van der Waals surface area contributed by atoms with Gasteiger partial charge < -0.3 is 38.8 Å². The van der Waals surface area contributed by atoms with E-state index in [2.05, 4.69) is 5.32 Å². The molecule has 0 amide bonds. The maximum absolute atomic E-state index is 11.9. The van der Waals surface area contributed by atoms with Crippen LogP contribution in [0, 0.1) is 0 Å². The summed E-state index contributed by atoms with van der Waals surface area (Å²) in [5, 5.41) is 3.08. The topological polar surface area (TPSA) is 116 Å². The minimum Gasteiger partial charge on any atom is -0.488 e. The number of nitrogens with zero attached hydrogens (tertiary/aromatic N) is 2. The molecule has 11 nitrogen and oxygen atoms in total. The maximum atomic E-state index is 11.9. The number of nitrogens with one attached hydrogen (secondary N) is 1. The lowest BCUT2D eigenvalue weighted by Gasteiger charge is -2.25. The smallest absolute Gasteiger partial charge is 0.325 e. The van der Waals surface area contributed by atoms with Gasteiger partial charge in [0.2, 0.25) is 0 Å². The minimum atomic E-state index is -0.508.